The Morgan fingerprint density at radius 2 is 2.24 bits per heavy atom. The lowest BCUT2D eigenvalue weighted by atomic mass is 10.1. The molecule has 0 aliphatic rings. The topological polar surface area (TPSA) is 58.6 Å². The van der Waals surface area contributed by atoms with Gasteiger partial charge in [-0.05, 0) is 24.6 Å². The molecule has 0 saturated heterocycles. The molecule has 0 amide bonds. The number of benzene rings is 1. The first-order chi connectivity index (χ1) is 7.99. The predicted octanol–water partition coefficient (Wildman–Crippen LogP) is 2.02. The minimum atomic E-state index is -2.87. The molecule has 0 aliphatic heterocycles. The maximum Gasteiger partial charge on any atom is 0.387 e. The van der Waals surface area contributed by atoms with E-state index in [4.69, 9.17) is 5.11 Å². The van der Waals surface area contributed by atoms with Gasteiger partial charge in [0.1, 0.15) is 5.75 Å². The standard InChI is InChI=1S/C11H13F2NO3/c1-7(14-6-10(15)16)8-3-2-4-9(5-8)17-11(12)13/h2-5,7,11,14H,6H2,1H3,(H,15,16). The van der Waals surface area contributed by atoms with Gasteiger partial charge in [0.15, 0.2) is 0 Å². The van der Waals surface area contributed by atoms with Crippen LogP contribution in [0.4, 0.5) is 8.78 Å². The Kier molecular flexibility index (Phi) is 4.84. The van der Waals surface area contributed by atoms with Gasteiger partial charge in [-0.15, -0.1) is 0 Å². The number of aliphatic carboxylic acids is 1. The second-order valence-corrected chi connectivity index (χ2v) is 3.45. The Balaban J connectivity index is 2.66. The van der Waals surface area contributed by atoms with E-state index in [0.717, 1.165) is 0 Å². The van der Waals surface area contributed by atoms with Crippen LogP contribution in [0.15, 0.2) is 24.3 Å². The number of ether oxygens (including phenoxy) is 1. The molecule has 1 aromatic carbocycles. The fourth-order valence-corrected chi connectivity index (χ4v) is 1.32. The van der Waals surface area contributed by atoms with Crippen molar-refractivity contribution in [3.05, 3.63) is 29.8 Å². The molecule has 0 bridgehead atoms. The third-order valence-electron chi connectivity index (χ3n) is 2.14. The quantitative estimate of drug-likeness (QED) is 0.805. The van der Waals surface area contributed by atoms with Crippen LogP contribution in [-0.2, 0) is 4.79 Å². The van der Waals surface area contributed by atoms with Crippen molar-refractivity contribution in [2.45, 2.75) is 19.6 Å². The number of alkyl halides is 2. The molecule has 94 valence electrons. The fraction of sp³-hybridized carbons (Fsp3) is 0.364. The van der Waals surface area contributed by atoms with E-state index < -0.39 is 12.6 Å². The average molecular weight is 245 g/mol. The molecule has 0 aromatic heterocycles. The molecule has 0 spiro atoms. The van der Waals surface area contributed by atoms with Crippen molar-refractivity contribution in [3.63, 3.8) is 0 Å². The number of hydrogen-bond donors (Lipinski definition) is 2. The van der Waals surface area contributed by atoms with Crippen molar-refractivity contribution in [1.82, 2.24) is 5.32 Å². The van der Waals surface area contributed by atoms with E-state index in [1.165, 1.54) is 12.1 Å². The van der Waals surface area contributed by atoms with Gasteiger partial charge in [0, 0.05) is 6.04 Å². The zero-order chi connectivity index (χ0) is 12.8. The van der Waals surface area contributed by atoms with Crippen LogP contribution in [0.1, 0.15) is 18.5 Å². The van der Waals surface area contributed by atoms with Crippen LogP contribution in [0, 0.1) is 0 Å². The maximum atomic E-state index is 12.0. The van der Waals surface area contributed by atoms with E-state index in [9.17, 15) is 13.6 Å². The highest BCUT2D eigenvalue weighted by atomic mass is 19.3. The van der Waals surface area contributed by atoms with E-state index in [1.807, 2.05) is 0 Å². The largest absolute Gasteiger partial charge is 0.480 e. The van der Waals surface area contributed by atoms with Crippen molar-refractivity contribution in [2.75, 3.05) is 6.54 Å². The number of halogens is 2. The van der Waals surface area contributed by atoms with Gasteiger partial charge in [-0.25, -0.2) is 0 Å². The first-order valence-corrected chi connectivity index (χ1v) is 4.99. The number of hydrogen-bond acceptors (Lipinski definition) is 3. The zero-order valence-electron chi connectivity index (χ0n) is 9.19. The monoisotopic (exact) mass is 245 g/mol. The van der Waals surface area contributed by atoms with E-state index in [2.05, 4.69) is 10.1 Å². The summed E-state index contributed by atoms with van der Waals surface area (Å²) in [6, 6.07) is 5.89. The highest BCUT2D eigenvalue weighted by Crippen LogP contribution is 2.20. The molecule has 17 heavy (non-hydrogen) atoms. The summed E-state index contributed by atoms with van der Waals surface area (Å²) in [5.41, 5.74) is 0.685. The normalized spacial score (nSPS) is 12.5. The summed E-state index contributed by atoms with van der Waals surface area (Å²) >= 11 is 0. The number of carboxylic acids is 1. The van der Waals surface area contributed by atoms with Crippen molar-refractivity contribution in [3.8, 4) is 5.75 Å². The molecule has 0 aliphatic carbocycles. The van der Waals surface area contributed by atoms with Gasteiger partial charge in [-0.2, -0.15) is 8.78 Å². The molecular formula is C11H13F2NO3. The van der Waals surface area contributed by atoms with Gasteiger partial charge in [-0.3, -0.25) is 4.79 Å². The second kappa shape index (κ2) is 6.15. The highest BCUT2D eigenvalue weighted by molar-refractivity contribution is 5.69. The van der Waals surface area contributed by atoms with E-state index in [-0.39, 0.29) is 18.3 Å². The molecule has 0 fully saturated rings. The van der Waals surface area contributed by atoms with E-state index >= 15 is 0 Å². The lowest BCUT2D eigenvalue weighted by Gasteiger charge is -2.14. The third kappa shape index (κ3) is 4.78. The van der Waals surface area contributed by atoms with Crippen LogP contribution >= 0.6 is 0 Å². The Bertz CT molecular complexity index is 385. The van der Waals surface area contributed by atoms with Crippen molar-refractivity contribution in [2.24, 2.45) is 0 Å². The summed E-state index contributed by atoms with van der Waals surface area (Å²) in [5.74, 6) is -0.918. The van der Waals surface area contributed by atoms with Crippen LogP contribution in [0.2, 0.25) is 0 Å². The minimum absolute atomic E-state index is 0.0569. The lowest BCUT2D eigenvalue weighted by Crippen LogP contribution is -2.25. The summed E-state index contributed by atoms with van der Waals surface area (Å²) in [7, 11) is 0. The van der Waals surface area contributed by atoms with E-state index in [1.54, 1.807) is 19.1 Å². The Morgan fingerprint density at radius 3 is 2.82 bits per heavy atom. The van der Waals surface area contributed by atoms with Crippen LogP contribution in [0.25, 0.3) is 0 Å². The van der Waals surface area contributed by atoms with Crippen LogP contribution in [0.3, 0.4) is 0 Å². The Labute approximate surface area is 97.2 Å². The van der Waals surface area contributed by atoms with Crippen LogP contribution < -0.4 is 10.1 Å². The smallest absolute Gasteiger partial charge is 0.387 e. The second-order valence-electron chi connectivity index (χ2n) is 3.45. The van der Waals surface area contributed by atoms with Crippen molar-refractivity contribution >= 4 is 5.97 Å². The predicted molar refractivity (Wildman–Crippen MR) is 57.1 cm³/mol. The van der Waals surface area contributed by atoms with Crippen LogP contribution in [0.5, 0.6) is 5.75 Å². The number of rotatable bonds is 6. The van der Waals surface area contributed by atoms with Gasteiger partial charge in [0.2, 0.25) is 0 Å². The summed E-state index contributed by atoms with van der Waals surface area (Å²) in [4.78, 5) is 10.4. The van der Waals surface area contributed by atoms with Gasteiger partial charge in [-0.1, -0.05) is 12.1 Å². The zero-order valence-corrected chi connectivity index (χ0v) is 9.19. The first kappa shape index (κ1) is 13.4. The molecule has 1 aromatic rings. The lowest BCUT2D eigenvalue weighted by molar-refractivity contribution is -0.136. The molecular weight excluding hydrogens is 232 g/mol. The number of carbonyl (C=O) groups is 1. The first-order valence-electron chi connectivity index (χ1n) is 4.99. The van der Waals surface area contributed by atoms with Gasteiger partial charge in [0.05, 0.1) is 6.54 Å². The highest BCUT2D eigenvalue weighted by Gasteiger charge is 2.09. The Hall–Kier alpha value is -1.69. The summed E-state index contributed by atoms with van der Waals surface area (Å²) in [6.45, 7) is -1.32. The van der Waals surface area contributed by atoms with Gasteiger partial charge in [0.25, 0.3) is 0 Å². The van der Waals surface area contributed by atoms with E-state index in [0.29, 0.717) is 5.56 Å². The summed E-state index contributed by atoms with van der Waals surface area (Å²) < 4.78 is 28.2. The molecule has 0 radical (unpaired) electrons. The molecule has 1 unspecified atom stereocenters. The molecule has 4 nitrogen and oxygen atoms in total. The van der Waals surface area contributed by atoms with Crippen molar-refractivity contribution < 1.29 is 23.4 Å². The average Bonchev–Trinajstić information content (AvgIpc) is 2.25. The minimum Gasteiger partial charge on any atom is -0.480 e. The molecule has 1 atom stereocenters. The number of nitrogens with one attached hydrogen (secondary N) is 1. The molecule has 0 saturated carbocycles. The fourth-order valence-electron chi connectivity index (χ4n) is 1.32. The van der Waals surface area contributed by atoms with Crippen molar-refractivity contribution in [1.29, 1.82) is 0 Å². The third-order valence-corrected chi connectivity index (χ3v) is 2.14. The van der Waals surface area contributed by atoms with Gasteiger partial charge < -0.3 is 15.2 Å². The molecule has 1 rings (SSSR count). The SMILES string of the molecule is CC(NCC(=O)O)c1cccc(OC(F)F)c1. The maximum absolute atomic E-state index is 12.0. The van der Waals surface area contributed by atoms with Gasteiger partial charge >= 0.3 is 12.6 Å². The molecule has 2 N–H and O–H groups in total. The summed E-state index contributed by atoms with van der Waals surface area (Å²) in [6.07, 6.45) is 0. The summed E-state index contributed by atoms with van der Waals surface area (Å²) in [5, 5.41) is 11.2. The number of carboxylic acid groups (broad SMARTS) is 1. The Morgan fingerprint density at radius 1 is 1.53 bits per heavy atom. The molecule has 0 heterocycles. The van der Waals surface area contributed by atoms with Crippen LogP contribution in [-0.4, -0.2) is 24.2 Å². The molecule has 6 heteroatoms.